The maximum Gasteiger partial charge on any atom is 0.355 e. The summed E-state index contributed by atoms with van der Waals surface area (Å²) in [6.45, 7) is 1.74. The topological polar surface area (TPSA) is 63.1 Å². The van der Waals surface area contributed by atoms with E-state index in [1.165, 1.54) is 16.9 Å². The van der Waals surface area contributed by atoms with Crippen molar-refractivity contribution in [3.8, 4) is 0 Å². The first-order valence-corrected chi connectivity index (χ1v) is 6.50. The van der Waals surface area contributed by atoms with Gasteiger partial charge >= 0.3 is 5.97 Å². The normalized spacial score (nSPS) is 14.9. The summed E-state index contributed by atoms with van der Waals surface area (Å²) >= 11 is 1.63. The lowest BCUT2D eigenvalue weighted by Gasteiger charge is -2.10. The number of rotatable bonds is 1. The summed E-state index contributed by atoms with van der Waals surface area (Å²) in [5, 5.41) is 10.0. The Morgan fingerprint density at radius 1 is 1.29 bits per heavy atom. The molecule has 0 saturated heterocycles. The second-order valence-corrected chi connectivity index (χ2v) is 5.40. The first-order chi connectivity index (χ1) is 8.16. The lowest BCUT2D eigenvalue weighted by Crippen LogP contribution is -2.06. The maximum atomic E-state index is 11.3. The molecule has 1 aliphatic carbocycles. The number of carbonyl (C=O) groups is 1. The largest absolute Gasteiger partial charge is 0.476 e. The minimum absolute atomic E-state index is 0.173. The second-order valence-electron chi connectivity index (χ2n) is 4.32. The van der Waals surface area contributed by atoms with E-state index in [0.29, 0.717) is 5.82 Å². The minimum Gasteiger partial charge on any atom is -0.476 e. The minimum atomic E-state index is -0.952. The van der Waals surface area contributed by atoms with Crippen LogP contribution in [0, 0.1) is 6.92 Å². The van der Waals surface area contributed by atoms with E-state index in [9.17, 15) is 9.90 Å². The van der Waals surface area contributed by atoms with Crippen LogP contribution in [0.5, 0.6) is 0 Å². The van der Waals surface area contributed by atoms with Crippen LogP contribution in [-0.4, -0.2) is 21.0 Å². The van der Waals surface area contributed by atoms with E-state index < -0.39 is 5.97 Å². The molecular formula is C12H12N2O2S. The first-order valence-electron chi connectivity index (χ1n) is 5.69. The van der Waals surface area contributed by atoms with Gasteiger partial charge in [-0.25, -0.2) is 14.8 Å². The number of aromatic carboxylic acids is 1. The Labute approximate surface area is 102 Å². The molecule has 0 aliphatic heterocycles. The zero-order valence-electron chi connectivity index (χ0n) is 9.49. The van der Waals surface area contributed by atoms with Crippen molar-refractivity contribution in [1.82, 2.24) is 9.97 Å². The summed E-state index contributed by atoms with van der Waals surface area (Å²) in [5.41, 5.74) is 1.35. The number of hydrogen-bond donors (Lipinski definition) is 1. The molecular weight excluding hydrogens is 236 g/mol. The Hall–Kier alpha value is -1.49. The van der Waals surface area contributed by atoms with E-state index in [0.717, 1.165) is 29.5 Å². The lowest BCUT2D eigenvalue weighted by molar-refractivity contribution is 0.0692. The molecule has 0 fully saturated rings. The number of carboxylic acids is 1. The van der Waals surface area contributed by atoms with E-state index in [1.807, 2.05) is 0 Å². The average molecular weight is 248 g/mol. The highest BCUT2D eigenvalue weighted by molar-refractivity contribution is 7.18. The molecule has 2 aromatic heterocycles. The molecule has 3 rings (SSSR count). The third-order valence-electron chi connectivity index (χ3n) is 3.13. The van der Waals surface area contributed by atoms with E-state index in [-0.39, 0.29) is 5.69 Å². The molecule has 2 heterocycles. The highest BCUT2D eigenvalue weighted by Crippen LogP contribution is 2.36. The zero-order chi connectivity index (χ0) is 12.0. The van der Waals surface area contributed by atoms with Crippen LogP contribution in [0.1, 0.15) is 39.6 Å². The Kier molecular flexibility index (Phi) is 2.36. The Balaban J connectivity index is 2.38. The molecule has 0 radical (unpaired) electrons. The number of hydrogen-bond acceptors (Lipinski definition) is 4. The maximum absolute atomic E-state index is 11.3. The van der Waals surface area contributed by atoms with Gasteiger partial charge in [0.1, 0.15) is 10.7 Å². The van der Waals surface area contributed by atoms with Gasteiger partial charge < -0.3 is 5.11 Å². The molecule has 1 aliphatic rings. The molecule has 0 spiro atoms. The Bertz CT molecular complexity index is 618. The van der Waals surface area contributed by atoms with Gasteiger partial charge in [-0.1, -0.05) is 0 Å². The molecule has 0 amide bonds. The van der Waals surface area contributed by atoms with Gasteiger partial charge in [0, 0.05) is 10.3 Å². The Morgan fingerprint density at radius 3 is 2.82 bits per heavy atom. The number of nitrogens with zero attached hydrogens (tertiary/aromatic N) is 2. The third kappa shape index (κ3) is 1.61. The zero-order valence-corrected chi connectivity index (χ0v) is 10.3. The molecule has 5 heteroatoms. The monoisotopic (exact) mass is 248 g/mol. The molecule has 17 heavy (non-hydrogen) atoms. The first kappa shape index (κ1) is 10.7. The summed E-state index contributed by atoms with van der Waals surface area (Å²) in [7, 11) is 0. The van der Waals surface area contributed by atoms with Crippen molar-refractivity contribution in [3.63, 3.8) is 0 Å². The van der Waals surface area contributed by atoms with Crippen molar-refractivity contribution in [3.05, 3.63) is 22.0 Å². The lowest BCUT2D eigenvalue weighted by atomic mass is 9.96. The number of thiophene rings is 1. The number of aromatic nitrogens is 2. The molecule has 0 unspecified atom stereocenters. The predicted molar refractivity (Wildman–Crippen MR) is 65.8 cm³/mol. The summed E-state index contributed by atoms with van der Waals surface area (Å²) in [5.74, 6) is -0.417. The van der Waals surface area contributed by atoms with E-state index in [4.69, 9.17) is 0 Å². The van der Waals surface area contributed by atoms with E-state index in [2.05, 4.69) is 9.97 Å². The van der Waals surface area contributed by atoms with Crippen LogP contribution in [0.2, 0.25) is 0 Å². The summed E-state index contributed by atoms with van der Waals surface area (Å²) in [6, 6.07) is 0. The smallest absolute Gasteiger partial charge is 0.355 e. The van der Waals surface area contributed by atoms with Crippen LogP contribution < -0.4 is 0 Å². The number of carboxylic acid groups (broad SMARTS) is 1. The quantitative estimate of drug-likeness (QED) is 0.842. The molecule has 2 aromatic rings. The van der Waals surface area contributed by atoms with Crippen molar-refractivity contribution >= 4 is 27.5 Å². The van der Waals surface area contributed by atoms with Gasteiger partial charge in [0.25, 0.3) is 0 Å². The van der Waals surface area contributed by atoms with Gasteiger partial charge in [-0.05, 0) is 38.2 Å². The van der Waals surface area contributed by atoms with Crippen molar-refractivity contribution < 1.29 is 9.90 Å². The van der Waals surface area contributed by atoms with Crippen LogP contribution in [0.3, 0.4) is 0 Å². The summed E-state index contributed by atoms with van der Waals surface area (Å²) < 4.78 is 0. The second kappa shape index (κ2) is 3.77. The number of aryl methyl sites for hydroxylation is 3. The molecule has 4 nitrogen and oxygen atoms in total. The Morgan fingerprint density at radius 2 is 2.06 bits per heavy atom. The van der Waals surface area contributed by atoms with Crippen molar-refractivity contribution in [2.24, 2.45) is 0 Å². The highest BCUT2D eigenvalue weighted by Gasteiger charge is 2.23. The fourth-order valence-corrected chi connectivity index (χ4v) is 3.73. The van der Waals surface area contributed by atoms with Gasteiger partial charge in [0.05, 0.1) is 0 Å². The predicted octanol–water partition coefficient (Wildman–Crippen LogP) is 2.58. The van der Waals surface area contributed by atoms with E-state index >= 15 is 0 Å². The van der Waals surface area contributed by atoms with Gasteiger partial charge in [-0.3, -0.25) is 0 Å². The van der Waals surface area contributed by atoms with Crippen LogP contribution in [0.15, 0.2) is 0 Å². The van der Waals surface area contributed by atoms with Crippen LogP contribution in [0.25, 0.3) is 10.2 Å². The van der Waals surface area contributed by atoms with Crippen LogP contribution in [0.4, 0.5) is 0 Å². The fraction of sp³-hybridized carbons (Fsp3) is 0.417. The number of fused-ring (bicyclic) bond motifs is 3. The molecule has 0 bridgehead atoms. The standard InChI is InChI=1S/C12H12N2O2S/c1-6-13-10(12(15)16)9-7-4-2-3-5-8(7)17-11(9)14-6/h2-5H2,1H3,(H,15,16). The molecule has 1 N–H and O–H groups in total. The average Bonchev–Trinajstić information content (AvgIpc) is 2.65. The van der Waals surface area contributed by atoms with Crippen molar-refractivity contribution in [2.75, 3.05) is 0 Å². The molecule has 0 aromatic carbocycles. The van der Waals surface area contributed by atoms with Crippen LogP contribution in [-0.2, 0) is 12.8 Å². The van der Waals surface area contributed by atoms with Crippen LogP contribution >= 0.6 is 11.3 Å². The molecule has 0 saturated carbocycles. The van der Waals surface area contributed by atoms with Crippen molar-refractivity contribution in [2.45, 2.75) is 32.6 Å². The highest BCUT2D eigenvalue weighted by atomic mass is 32.1. The van der Waals surface area contributed by atoms with Gasteiger partial charge in [-0.2, -0.15) is 0 Å². The van der Waals surface area contributed by atoms with Gasteiger partial charge in [0.2, 0.25) is 0 Å². The van der Waals surface area contributed by atoms with Gasteiger partial charge in [-0.15, -0.1) is 11.3 Å². The fourth-order valence-electron chi connectivity index (χ4n) is 2.42. The molecule has 88 valence electrons. The summed E-state index contributed by atoms with van der Waals surface area (Å²) in [6.07, 6.45) is 4.33. The third-order valence-corrected chi connectivity index (χ3v) is 4.31. The SMILES string of the molecule is Cc1nc(C(=O)O)c2c3c(sc2n1)CCCC3. The van der Waals surface area contributed by atoms with Crippen molar-refractivity contribution in [1.29, 1.82) is 0 Å². The molecule has 0 atom stereocenters. The summed E-state index contributed by atoms with van der Waals surface area (Å²) in [4.78, 5) is 21.8. The van der Waals surface area contributed by atoms with Gasteiger partial charge in [0.15, 0.2) is 5.69 Å². The van der Waals surface area contributed by atoms with E-state index in [1.54, 1.807) is 18.3 Å².